The van der Waals surface area contributed by atoms with E-state index in [1.165, 1.54) is 7.11 Å². The summed E-state index contributed by atoms with van der Waals surface area (Å²) in [5.74, 6) is 0.0611. The lowest BCUT2D eigenvalue weighted by molar-refractivity contribution is -0.122. The van der Waals surface area contributed by atoms with Gasteiger partial charge < -0.3 is 4.74 Å². The second-order valence-corrected chi connectivity index (χ2v) is 5.70. The molecule has 0 radical (unpaired) electrons. The molecule has 0 saturated carbocycles. The molecule has 1 aromatic heterocycles. The molecular weight excluding hydrogens is 348 g/mol. The van der Waals surface area contributed by atoms with Gasteiger partial charge in [-0.25, -0.2) is 0 Å². The second-order valence-electron chi connectivity index (χ2n) is 5.70. The zero-order chi connectivity index (χ0) is 19.2. The van der Waals surface area contributed by atoms with Crippen molar-refractivity contribution in [3.8, 4) is 17.1 Å². The van der Waals surface area contributed by atoms with Gasteiger partial charge in [0.1, 0.15) is 12.3 Å². The second kappa shape index (κ2) is 8.09. The number of nitrogens with one attached hydrogen (secondary N) is 2. The number of carbonyl (C=O) groups excluding carboxylic acids is 2. The summed E-state index contributed by atoms with van der Waals surface area (Å²) in [5, 5.41) is 11.9. The molecule has 0 fully saturated rings. The maximum atomic E-state index is 12.1. The molecular formula is C18H18N6O3. The van der Waals surface area contributed by atoms with E-state index < -0.39 is 11.8 Å². The largest absolute Gasteiger partial charge is 0.496 e. The fraction of sp³-hybridized carbons (Fsp3) is 0.167. The Morgan fingerprint density at radius 1 is 1.11 bits per heavy atom. The Morgan fingerprint density at radius 2 is 1.89 bits per heavy atom. The first-order chi connectivity index (χ1) is 13.1. The third-order valence-electron chi connectivity index (χ3n) is 3.76. The number of amides is 2. The van der Waals surface area contributed by atoms with Crippen LogP contribution in [0, 0.1) is 6.92 Å². The van der Waals surface area contributed by atoms with Crippen LogP contribution in [0.1, 0.15) is 15.9 Å². The Kier molecular flexibility index (Phi) is 5.41. The van der Waals surface area contributed by atoms with Crippen LogP contribution in [0.5, 0.6) is 5.75 Å². The zero-order valence-corrected chi connectivity index (χ0v) is 14.8. The fourth-order valence-corrected chi connectivity index (χ4v) is 2.34. The third-order valence-corrected chi connectivity index (χ3v) is 3.76. The highest BCUT2D eigenvalue weighted by Crippen LogP contribution is 2.18. The van der Waals surface area contributed by atoms with Gasteiger partial charge in [0.05, 0.1) is 7.11 Å². The van der Waals surface area contributed by atoms with Crippen LogP contribution in [0.25, 0.3) is 11.4 Å². The van der Waals surface area contributed by atoms with E-state index in [-0.39, 0.29) is 6.54 Å². The van der Waals surface area contributed by atoms with Gasteiger partial charge >= 0.3 is 0 Å². The fourth-order valence-electron chi connectivity index (χ4n) is 2.34. The van der Waals surface area contributed by atoms with E-state index in [4.69, 9.17) is 4.74 Å². The molecule has 2 N–H and O–H groups in total. The molecule has 9 heteroatoms. The van der Waals surface area contributed by atoms with Crippen molar-refractivity contribution in [2.45, 2.75) is 13.5 Å². The molecule has 2 aromatic carbocycles. The molecule has 3 aromatic rings. The van der Waals surface area contributed by atoms with Crippen LogP contribution < -0.4 is 15.6 Å². The lowest BCUT2D eigenvalue weighted by Crippen LogP contribution is -2.43. The smallest absolute Gasteiger partial charge is 0.269 e. The number of aryl methyl sites for hydroxylation is 1. The molecule has 3 rings (SSSR count). The van der Waals surface area contributed by atoms with E-state index in [2.05, 4.69) is 26.3 Å². The minimum atomic E-state index is -0.487. The number of hydrogen-bond acceptors (Lipinski definition) is 6. The van der Waals surface area contributed by atoms with Crippen molar-refractivity contribution in [1.29, 1.82) is 0 Å². The van der Waals surface area contributed by atoms with Crippen molar-refractivity contribution < 1.29 is 14.3 Å². The maximum absolute atomic E-state index is 12.1. The van der Waals surface area contributed by atoms with Crippen molar-refractivity contribution in [3.63, 3.8) is 0 Å². The van der Waals surface area contributed by atoms with Gasteiger partial charge in [-0.15, -0.1) is 10.2 Å². The molecule has 27 heavy (non-hydrogen) atoms. The Bertz CT molecular complexity index is 955. The summed E-state index contributed by atoms with van der Waals surface area (Å²) in [6, 6.07) is 14.3. The Labute approximate surface area is 155 Å². The number of hydrazine groups is 1. The standard InChI is InChI=1S/C18H18N6O3/c1-12-8-9-14(10-15(12)27-2)18(26)21-19-16(25)11-24-22-17(20-23-24)13-6-4-3-5-7-13/h3-10H,11H2,1-2H3,(H,19,25)(H,21,26). The summed E-state index contributed by atoms with van der Waals surface area (Å²) < 4.78 is 5.19. The summed E-state index contributed by atoms with van der Waals surface area (Å²) >= 11 is 0. The Hall–Kier alpha value is -3.75. The van der Waals surface area contributed by atoms with Crippen molar-refractivity contribution in [1.82, 2.24) is 31.1 Å². The normalized spacial score (nSPS) is 10.3. The van der Waals surface area contributed by atoms with Crippen LogP contribution in [0.3, 0.4) is 0 Å². The molecule has 0 spiro atoms. The summed E-state index contributed by atoms with van der Waals surface area (Å²) in [7, 11) is 1.53. The third kappa shape index (κ3) is 4.46. The van der Waals surface area contributed by atoms with Crippen molar-refractivity contribution in [3.05, 3.63) is 59.7 Å². The van der Waals surface area contributed by atoms with E-state index in [9.17, 15) is 9.59 Å². The first-order valence-electron chi connectivity index (χ1n) is 8.14. The summed E-state index contributed by atoms with van der Waals surface area (Å²) in [6.45, 7) is 1.69. The van der Waals surface area contributed by atoms with Gasteiger partial charge in [-0.3, -0.25) is 20.4 Å². The SMILES string of the molecule is COc1cc(C(=O)NNC(=O)Cn2nnc(-c3ccccc3)n2)ccc1C. The molecule has 0 bridgehead atoms. The average molecular weight is 366 g/mol. The van der Waals surface area contributed by atoms with Crippen LogP contribution in [0.4, 0.5) is 0 Å². The van der Waals surface area contributed by atoms with Gasteiger partial charge in [0.2, 0.25) is 5.82 Å². The molecule has 0 aliphatic rings. The van der Waals surface area contributed by atoms with Gasteiger partial charge in [-0.1, -0.05) is 36.4 Å². The zero-order valence-electron chi connectivity index (χ0n) is 14.8. The predicted octanol–water partition coefficient (Wildman–Crippen LogP) is 1.12. The van der Waals surface area contributed by atoms with Gasteiger partial charge in [-0.05, 0) is 29.8 Å². The van der Waals surface area contributed by atoms with Gasteiger partial charge in [0.25, 0.3) is 11.8 Å². The molecule has 0 unspecified atom stereocenters. The number of rotatable bonds is 5. The average Bonchev–Trinajstić information content (AvgIpc) is 3.15. The van der Waals surface area contributed by atoms with E-state index in [0.29, 0.717) is 17.1 Å². The number of ether oxygens (including phenoxy) is 1. The molecule has 0 atom stereocenters. The molecule has 9 nitrogen and oxygen atoms in total. The highest BCUT2D eigenvalue weighted by atomic mass is 16.5. The molecule has 0 saturated heterocycles. The number of hydrogen-bond donors (Lipinski definition) is 2. The molecule has 1 heterocycles. The van der Waals surface area contributed by atoms with Crippen LogP contribution in [0.15, 0.2) is 48.5 Å². The topological polar surface area (TPSA) is 111 Å². The Morgan fingerprint density at radius 3 is 2.63 bits per heavy atom. The number of carbonyl (C=O) groups is 2. The summed E-state index contributed by atoms with van der Waals surface area (Å²) in [5.41, 5.74) is 6.74. The van der Waals surface area contributed by atoms with Crippen molar-refractivity contribution in [2.24, 2.45) is 0 Å². The number of nitrogens with zero attached hydrogens (tertiary/aromatic N) is 4. The van der Waals surface area contributed by atoms with Crippen molar-refractivity contribution in [2.75, 3.05) is 7.11 Å². The van der Waals surface area contributed by atoms with E-state index in [1.807, 2.05) is 37.3 Å². The monoisotopic (exact) mass is 366 g/mol. The number of aromatic nitrogens is 4. The highest BCUT2D eigenvalue weighted by molar-refractivity contribution is 5.95. The lowest BCUT2D eigenvalue weighted by atomic mass is 10.1. The maximum Gasteiger partial charge on any atom is 0.269 e. The minimum absolute atomic E-state index is 0.183. The van der Waals surface area contributed by atoms with E-state index in [1.54, 1.807) is 18.2 Å². The van der Waals surface area contributed by atoms with Crippen LogP contribution in [-0.2, 0) is 11.3 Å². The lowest BCUT2D eigenvalue weighted by Gasteiger charge is -2.09. The predicted molar refractivity (Wildman–Crippen MR) is 96.6 cm³/mol. The van der Waals surface area contributed by atoms with E-state index in [0.717, 1.165) is 15.9 Å². The number of tetrazole rings is 1. The highest BCUT2D eigenvalue weighted by Gasteiger charge is 2.12. The molecule has 2 amide bonds. The minimum Gasteiger partial charge on any atom is -0.496 e. The Balaban J connectivity index is 1.55. The van der Waals surface area contributed by atoms with Crippen LogP contribution in [-0.4, -0.2) is 39.1 Å². The van der Waals surface area contributed by atoms with Gasteiger partial charge in [0, 0.05) is 11.1 Å². The van der Waals surface area contributed by atoms with Gasteiger partial charge in [-0.2, -0.15) is 4.80 Å². The first-order valence-corrected chi connectivity index (χ1v) is 8.14. The van der Waals surface area contributed by atoms with Gasteiger partial charge in [0.15, 0.2) is 0 Å². The number of methoxy groups -OCH3 is 1. The van der Waals surface area contributed by atoms with E-state index >= 15 is 0 Å². The molecule has 138 valence electrons. The number of benzene rings is 2. The first kappa shape index (κ1) is 18.1. The molecule has 0 aliphatic heterocycles. The summed E-state index contributed by atoms with van der Waals surface area (Å²) in [6.07, 6.45) is 0. The van der Waals surface area contributed by atoms with Crippen LogP contribution in [0.2, 0.25) is 0 Å². The summed E-state index contributed by atoms with van der Waals surface area (Å²) in [4.78, 5) is 25.3. The van der Waals surface area contributed by atoms with Crippen molar-refractivity contribution >= 4 is 11.8 Å². The quantitative estimate of drug-likeness (QED) is 0.655. The molecule has 0 aliphatic carbocycles. The van der Waals surface area contributed by atoms with Crippen LogP contribution >= 0.6 is 0 Å².